The van der Waals surface area contributed by atoms with E-state index in [4.69, 9.17) is 16.7 Å². The molecule has 0 spiro atoms. The highest BCUT2D eigenvalue weighted by Gasteiger charge is 2.13. The molecular weight excluding hydrogens is 286 g/mol. The van der Waals surface area contributed by atoms with Crippen molar-refractivity contribution in [2.24, 2.45) is 0 Å². The van der Waals surface area contributed by atoms with Crippen LogP contribution < -0.4 is 0 Å². The van der Waals surface area contributed by atoms with Gasteiger partial charge in [-0.1, -0.05) is 29.4 Å². The maximum Gasteiger partial charge on any atom is 0.313 e. The van der Waals surface area contributed by atoms with Crippen LogP contribution in [0, 0.1) is 0 Å². The largest absolute Gasteiger partial charge is 0.481 e. The lowest BCUT2D eigenvalue weighted by atomic mass is 10.4. The van der Waals surface area contributed by atoms with Crippen LogP contribution >= 0.6 is 23.4 Å². The topological polar surface area (TPSA) is 68.0 Å². The Bertz CT molecular complexity index is 627. The second kappa shape index (κ2) is 6.08. The van der Waals surface area contributed by atoms with E-state index >= 15 is 0 Å². The van der Waals surface area contributed by atoms with Gasteiger partial charge in [-0.25, -0.2) is 9.97 Å². The molecule has 19 heavy (non-hydrogen) atoms. The van der Waals surface area contributed by atoms with Gasteiger partial charge in [-0.05, 0) is 12.5 Å². The Morgan fingerprint density at radius 1 is 1.63 bits per heavy atom. The lowest BCUT2D eigenvalue weighted by Gasteiger charge is -2.05. The van der Waals surface area contributed by atoms with Crippen molar-refractivity contribution in [3.8, 4) is 0 Å². The molecule has 0 aromatic carbocycles. The molecule has 2 heterocycles. The van der Waals surface area contributed by atoms with Gasteiger partial charge >= 0.3 is 5.97 Å². The average molecular weight is 298 g/mol. The normalized spacial score (nSPS) is 10.8. The van der Waals surface area contributed by atoms with E-state index < -0.39 is 5.97 Å². The van der Waals surface area contributed by atoms with Crippen molar-refractivity contribution in [1.82, 2.24) is 14.5 Å². The zero-order chi connectivity index (χ0) is 13.8. The number of hydrogen-bond acceptors (Lipinski definition) is 4. The fourth-order valence-corrected chi connectivity index (χ4v) is 2.53. The summed E-state index contributed by atoms with van der Waals surface area (Å²) in [6, 6.07) is 1.72. The van der Waals surface area contributed by atoms with Gasteiger partial charge in [0.15, 0.2) is 10.8 Å². The zero-order valence-electron chi connectivity index (χ0n) is 10.0. The van der Waals surface area contributed by atoms with E-state index in [1.807, 2.05) is 4.57 Å². The highest BCUT2D eigenvalue weighted by molar-refractivity contribution is 7.99. The van der Waals surface area contributed by atoms with Crippen LogP contribution in [0.3, 0.4) is 0 Å². The number of aliphatic carboxylic acids is 1. The molecule has 2 rings (SSSR count). The SMILES string of the molecule is C=CCCn1c(SCC(=O)O)nc2cc(Cl)cnc21. The summed E-state index contributed by atoms with van der Waals surface area (Å²) in [5.41, 5.74) is 1.38. The number of carboxylic acids is 1. The Morgan fingerprint density at radius 3 is 3.11 bits per heavy atom. The fraction of sp³-hybridized carbons (Fsp3) is 0.250. The Labute approximate surface area is 119 Å². The van der Waals surface area contributed by atoms with Crippen LogP contribution in [0.1, 0.15) is 6.42 Å². The number of halogens is 1. The van der Waals surface area contributed by atoms with Crippen molar-refractivity contribution < 1.29 is 9.90 Å². The summed E-state index contributed by atoms with van der Waals surface area (Å²) in [4.78, 5) is 19.3. The van der Waals surface area contributed by atoms with Gasteiger partial charge in [0.05, 0.1) is 10.8 Å². The molecular formula is C12H12ClN3O2S. The molecule has 0 saturated heterocycles. The minimum atomic E-state index is -0.877. The summed E-state index contributed by atoms with van der Waals surface area (Å²) >= 11 is 7.06. The van der Waals surface area contributed by atoms with Crippen LogP contribution in [0.4, 0.5) is 0 Å². The Hall–Kier alpha value is -1.53. The maximum atomic E-state index is 10.7. The van der Waals surface area contributed by atoms with Crippen molar-refractivity contribution in [3.05, 3.63) is 29.9 Å². The van der Waals surface area contributed by atoms with Gasteiger partial charge in [0.1, 0.15) is 5.52 Å². The molecule has 0 aliphatic rings. The van der Waals surface area contributed by atoms with Gasteiger partial charge in [0.2, 0.25) is 0 Å². The Morgan fingerprint density at radius 2 is 2.42 bits per heavy atom. The standard InChI is InChI=1S/C12H12ClN3O2S/c1-2-3-4-16-11-9(5-8(13)6-14-11)15-12(16)19-7-10(17)18/h2,5-6H,1,3-4,7H2,(H,17,18). The highest BCUT2D eigenvalue weighted by Crippen LogP contribution is 2.24. The predicted octanol–water partition coefficient (Wildman–Crippen LogP) is 2.84. The van der Waals surface area contributed by atoms with E-state index in [2.05, 4.69) is 16.5 Å². The van der Waals surface area contributed by atoms with E-state index in [0.717, 1.165) is 6.42 Å². The van der Waals surface area contributed by atoms with Crippen LogP contribution in [0.25, 0.3) is 11.2 Å². The molecule has 0 radical (unpaired) electrons. The maximum absolute atomic E-state index is 10.7. The van der Waals surface area contributed by atoms with Gasteiger partial charge in [-0.15, -0.1) is 6.58 Å². The van der Waals surface area contributed by atoms with Crippen LogP contribution in [0.2, 0.25) is 5.02 Å². The van der Waals surface area contributed by atoms with Crippen molar-refractivity contribution in [1.29, 1.82) is 0 Å². The van der Waals surface area contributed by atoms with Gasteiger partial charge in [0.25, 0.3) is 0 Å². The number of aromatic nitrogens is 3. The number of carboxylic acid groups (broad SMARTS) is 1. The number of pyridine rings is 1. The number of nitrogens with zero attached hydrogens (tertiary/aromatic N) is 3. The predicted molar refractivity (Wildman–Crippen MR) is 75.7 cm³/mol. The molecule has 0 amide bonds. The van der Waals surface area contributed by atoms with E-state index in [9.17, 15) is 4.79 Å². The third-order valence-corrected chi connectivity index (χ3v) is 3.57. The molecule has 5 nitrogen and oxygen atoms in total. The lowest BCUT2D eigenvalue weighted by Crippen LogP contribution is -2.03. The Kier molecular flexibility index (Phi) is 4.44. The third kappa shape index (κ3) is 3.27. The van der Waals surface area contributed by atoms with Crippen LogP contribution in [-0.4, -0.2) is 31.4 Å². The quantitative estimate of drug-likeness (QED) is 0.656. The monoisotopic (exact) mass is 297 g/mol. The van der Waals surface area contributed by atoms with E-state index in [-0.39, 0.29) is 5.75 Å². The minimum Gasteiger partial charge on any atom is -0.481 e. The summed E-state index contributed by atoms with van der Waals surface area (Å²) in [5, 5.41) is 9.89. The molecule has 2 aromatic rings. The fourth-order valence-electron chi connectivity index (χ4n) is 1.62. The summed E-state index contributed by atoms with van der Waals surface area (Å²) in [6.45, 7) is 4.35. The zero-order valence-corrected chi connectivity index (χ0v) is 11.6. The first kappa shape index (κ1) is 13.9. The van der Waals surface area contributed by atoms with E-state index in [1.165, 1.54) is 11.8 Å². The summed E-state index contributed by atoms with van der Waals surface area (Å²) < 4.78 is 1.89. The minimum absolute atomic E-state index is 0.0366. The van der Waals surface area contributed by atoms with Crippen LogP contribution in [0.5, 0.6) is 0 Å². The molecule has 0 aliphatic carbocycles. The van der Waals surface area contributed by atoms with E-state index in [0.29, 0.717) is 27.9 Å². The van der Waals surface area contributed by atoms with Gasteiger partial charge in [-0.3, -0.25) is 4.79 Å². The number of thioether (sulfide) groups is 1. The molecule has 0 unspecified atom stereocenters. The molecule has 0 aliphatic heterocycles. The second-order valence-corrected chi connectivity index (χ2v) is 5.18. The number of carbonyl (C=O) groups is 1. The summed E-state index contributed by atoms with van der Waals surface area (Å²) in [5.74, 6) is -0.913. The highest BCUT2D eigenvalue weighted by atomic mass is 35.5. The molecule has 0 bridgehead atoms. The third-order valence-electron chi connectivity index (χ3n) is 2.40. The van der Waals surface area contributed by atoms with Crippen molar-refractivity contribution in [2.45, 2.75) is 18.1 Å². The number of hydrogen-bond donors (Lipinski definition) is 1. The number of imidazole rings is 1. The lowest BCUT2D eigenvalue weighted by molar-refractivity contribution is -0.133. The van der Waals surface area contributed by atoms with Crippen LogP contribution in [0.15, 0.2) is 30.1 Å². The molecule has 1 N–H and O–H groups in total. The van der Waals surface area contributed by atoms with Gasteiger partial charge in [-0.2, -0.15) is 0 Å². The summed E-state index contributed by atoms with van der Waals surface area (Å²) in [7, 11) is 0. The number of aryl methyl sites for hydroxylation is 1. The van der Waals surface area contributed by atoms with Crippen molar-refractivity contribution in [3.63, 3.8) is 0 Å². The Balaban J connectivity index is 2.41. The van der Waals surface area contributed by atoms with Gasteiger partial charge < -0.3 is 9.67 Å². The molecule has 0 fully saturated rings. The average Bonchev–Trinajstić information content (AvgIpc) is 2.70. The molecule has 0 atom stereocenters. The van der Waals surface area contributed by atoms with Crippen molar-refractivity contribution >= 4 is 40.5 Å². The molecule has 0 saturated carbocycles. The molecule has 100 valence electrons. The molecule has 2 aromatic heterocycles. The second-order valence-electron chi connectivity index (χ2n) is 3.80. The first-order valence-corrected chi connectivity index (χ1v) is 6.95. The van der Waals surface area contributed by atoms with Crippen LogP contribution in [-0.2, 0) is 11.3 Å². The molecule has 7 heteroatoms. The number of rotatable bonds is 6. The van der Waals surface area contributed by atoms with E-state index in [1.54, 1.807) is 18.3 Å². The number of fused-ring (bicyclic) bond motifs is 1. The smallest absolute Gasteiger partial charge is 0.313 e. The first-order valence-electron chi connectivity index (χ1n) is 5.59. The van der Waals surface area contributed by atoms with Gasteiger partial charge in [0, 0.05) is 12.7 Å². The first-order chi connectivity index (χ1) is 9.11. The summed E-state index contributed by atoms with van der Waals surface area (Å²) in [6.07, 6.45) is 4.12. The number of allylic oxidation sites excluding steroid dienone is 1. The van der Waals surface area contributed by atoms with Crippen molar-refractivity contribution in [2.75, 3.05) is 5.75 Å².